The van der Waals surface area contributed by atoms with Crippen LogP contribution in [0.15, 0.2) is 12.4 Å². The summed E-state index contributed by atoms with van der Waals surface area (Å²) in [6, 6.07) is 0. The number of sulfonamides is 1. The second-order valence-electron chi connectivity index (χ2n) is 5.16. The SMILES string of the molecule is CNS(=O)(=O)CCNCc1cnn(C(C)(C)C)c1. The van der Waals surface area contributed by atoms with E-state index in [-0.39, 0.29) is 11.3 Å². The van der Waals surface area contributed by atoms with Crippen LogP contribution in [0.4, 0.5) is 0 Å². The quantitative estimate of drug-likeness (QED) is 0.730. The third-order valence-corrected chi connectivity index (χ3v) is 3.87. The average Bonchev–Trinajstić information content (AvgIpc) is 2.73. The molecule has 0 amide bonds. The van der Waals surface area contributed by atoms with Gasteiger partial charge in [-0.2, -0.15) is 5.10 Å². The molecule has 1 rings (SSSR count). The molecule has 0 aliphatic rings. The Labute approximate surface area is 109 Å². The van der Waals surface area contributed by atoms with Gasteiger partial charge >= 0.3 is 0 Å². The maximum atomic E-state index is 11.2. The average molecular weight is 274 g/mol. The van der Waals surface area contributed by atoms with E-state index in [4.69, 9.17) is 0 Å². The van der Waals surface area contributed by atoms with E-state index in [2.05, 4.69) is 35.9 Å². The van der Waals surface area contributed by atoms with Crippen LogP contribution in [0.2, 0.25) is 0 Å². The maximum absolute atomic E-state index is 11.2. The summed E-state index contributed by atoms with van der Waals surface area (Å²) in [5, 5.41) is 7.36. The van der Waals surface area contributed by atoms with E-state index in [1.165, 1.54) is 7.05 Å². The topological polar surface area (TPSA) is 76.0 Å². The minimum absolute atomic E-state index is 0.0340. The van der Waals surface area contributed by atoms with Crippen LogP contribution in [-0.2, 0) is 22.1 Å². The van der Waals surface area contributed by atoms with E-state index in [0.717, 1.165) is 5.56 Å². The van der Waals surface area contributed by atoms with E-state index in [1.54, 1.807) is 6.20 Å². The van der Waals surface area contributed by atoms with E-state index < -0.39 is 10.0 Å². The van der Waals surface area contributed by atoms with Crippen molar-refractivity contribution in [2.45, 2.75) is 32.9 Å². The number of hydrogen-bond acceptors (Lipinski definition) is 4. The van der Waals surface area contributed by atoms with Gasteiger partial charge in [-0.15, -0.1) is 0 Å². The highest BCUT2D eigenvalue weighted by atomic mass is 32.2. The molecular weight excluding hydrogens is 252 g/mol. The molecule has 1 heterocycles. The molecule has 0 saturated carbocycles. The summed E-state index contributed by atoms with van der Waals surface area (Å²) in [5.41, 5.74) is 1.01. The predicted octanol–water partition coefficient (Wildman–Crippen LogP) is 0.277. The Bertz CT molecular complexity index is 473. The van der Waals surface area contributed by atoms with Gasteiger partial charge in [0.1, 0.15) is 0 Å². The van der Waals surface area contributed by atoms with Crippen LogP contribution in [0, 0.1) is 0 Å². The summed E-state index contributed by atoms with van der Waals surface area (Å²) in [4.78, 5) is 0. The van der Waals surface area contributed by atoms with Crippen LogP contribution in [0.25, 0.3) is 0 Å². The molecule has 0 spiro atoms. The highest BCUT2D eigenvalue weighted by Gasteiger charge is 2.13. The van der Waals surface area contributed by atoms with E-state index in [9.17, 15) is 8.42 Å². The molecular formula is C11H22N4O2S. The second-order valence-corrected chi connectivity index (χ2v) is 7.21. The molecule has 7 heteroatoms. The van der Waals surface area contributed by atoms with Crippen LogP contribution >= 0.6 is 0 Å². The van der Waals surface area contributed by atoms with Crippen molar-refractivity contribution in [1.82, 2.24) is 19.8 Å². The third-order valence-electron chi connectivity index (χ3n) is 2.51. The predicted molar refractivity (Wildman–Crippen MR) is 71.8 cm³/mol. The van der Waals surface area contributed by atoms with E-state index in [1.807, 2.05) is 10.9 Å². The van der Waals surface area contributed by atoms with Crippen molar-refractivity contribution in [3.05, 3.63) is 18.0 Å². The fourth-order valence-corrected chi connectivity index (χ4v) is 1.98. The van der Waals surface area contributed by atoms with Crippen molar-refractivity contribution in [1.29, 1.82) is 0 Å². The first-order chi connectivity index (χ1) is 8.24. The Morgan fingerprint density at radius 1 is 1.39 bits per heavy atom. The molecule has 0 aromatic carbocycles. The molecule has 1 aromatic heterocycles. The van der Waals surface area contributed by atoms with Gasteiger partial charge in [0.15, 0.2) is 0 Å². The number of rotatable bonds is 6. The van der Waals surface area contributed by atoms with Gasteiger partial charge in [-0.25, -0.2) is 13.1 Å². The first-order valence-electron chi connectivity index (χ1n) is 5.90. The number of aromatic nitrogens is 2. The lowest BCUT2D eigenvalue weighted by Crippen LogP contribution is -2.29. The molecule has 0 radical (unpaired) electrons. The monoisotopic (exact) mass is 274 g/mol. The van der Waals surface area contributed by atoms with Crippen LogP contribution in [-0.4, -0.2) is 37.5 Å². The highest BCUT2D eigenvalue weighted by molar-refractivity contribution is 7.89. The normalized spacial score (nSPS) is 12.9. The van der Waals surface area contributed by atoms with Gasteiger partial charge in [0.05, 0.1) is 17.5 Å². The molecule has 18 heavy (non-hydrogen) atoms. The molecule has 104 valence electrons. The summed E-state index contributed by atoms with van der Waals surface area (Å²) in [6.07, 6.45) is 3.77. The molecule has 0 aliphatic carbocycles. The Morgan fingerprint density at radius 3 is 2.56 bits per heavy atom. The molecule has 0 fully saturated rings. The first-order valence-corrected chi connectivity index (χ1v) is 7.56. The van der Waals surface area contributed by atoms with E-state index in [0.29, 0.717) is 13.1 Å². The number of nitrogens with zero attached hydrogens (tertiary/aromatic N) is 2. The summed E-state index contributed by atoms with van der Waals surface area (Å²) >= 11 is 0. The van der Waals surface area contributed by atoms with Gasteiger partial charge < -0.3 is 5.32 Å². The first kappa shape index (κ1) is 15.1. The molecule has 2 N–H and O–H groups in total. The summed E-state index contributed by atoms with van der Waals surface area (Å²) in [6.45, 7) is 7.28. The zero-order valence-electron chi connectivity index (χ0n) is 11.4. The van der Waals surface area contributed by atoms with Crippen molar-refractivity contribution in [3.63, 3.8) is 0 Å². The van der Waals surface area contributed by atoms with Crippen LogP contribution < -0.4 is 10.0 Å². The smallest absolute Gasteiger partial charge is 0.212 e. The Balaban J connectivity index is 2.39. The van der Waals surface area contributed by atoms with Gasteiger partial charge in [-0.1, -0.05) is 0 Å². The fraction of sp³-hybridized carbons (Fsp3) is 0.727. The summed E-state index contributed by atoms with van der Waals surface area (Å²) in [7, 11) is -1.71. The standard InChI is InChI=1S/C11H22N4O2S/c1-11(2,3)15-9-10(8-14-15)7-13-5-6-18(16,17)12-4/h8-9,12-13H,5-7H2,1-4H3. The molecule has 0 atom stereocenters. The molecule has 0 aliphatic heterocycles. The van der Waals surface area contributed by atoms with Crippen LogP contribution in [0.5, 0.6) is 0 Å². The van der Waals surface area contributed by atoms with Crippen molar-refractivity contribution in [2.24, 2.45) is 0 Å². The van der Waals surface area contributed by atoms with Gasteiger partial charge in [0, 0.05) is 24.8 Å². The van der Waals surface area contributed by atoms with E-state index >= 15 is 0 Å². The van der Waals surface area contributed by atoms with Gasteiger partial charge in [-0.05, 0) is 27.8 Å². The van der Waals surface area contributed by atoms with Crippen molar-refractivity contribution in [2.75, 3.05) is 19.3 Å². The van der Waals surface area contributed by atoms with Crippen molar-refractivity contribution in [3.8, 4) is 0 Å². The zero-order chi connectivity index (χ0) is 13.8. The van der Waals surface area contributed by atoms with Crippen LogP contribution in [0.3, 0.4) is 0 Å². The molecule has 1 aromatic rings. The number of nitrogens with one attached hydrogen (secondary N) is 2. The third kappa shape index (κ3) is 4.75. The summed E-state index contributed by atoms with van der Waals surface area (Å²) < 4.78 is 26.5. The minimum Gasteiger partial charge on any atom is -0.311 e. The van der Waals surface area contributed by atoms with Crippen molar-refractivity contribution >= 4 is 10.0 Å². The Morgan fingerprint density at radius 2 is 2.06 bits per heavy atom. The van der Waals surface area contributed by atoms with Crippen LogP contribution in [0.1, 0.15) is 26.3 Å². The lowest BCUT2D eigenvalue weighted by atomic mass is 10.1. The zero-order valence-corrected chi connectivity index (χ0v) is 12.2. The lowest BCUT2D eigenvalue weighted by molar-refractivity contribution is 0.355. The molecule has 6 nitrogen and oxygen atoms in total. The molecule has 0 bridgehead atoms. The highest BCUT2D eigenvalue weighted by Crippen LogP contribution is 2.12. The summed E-state index contributed by atoms with van der Waals surface area (Å²) in [5.74, 6) is 0.0803. The van der Waals surface area contributed by atoms with Gasteiger partial charge in [0.25, 0.3) is 0 Å². The lowest BCUT2D eigenvalue weighted by Gasteiger charge is -2.18. The van der Waals surface area contributed by atoms with Gasteiger partial charge in [-0.3, -0.25) is 4.68 Å². The Hall–Kier alpha value is -0.920. The minimum atomic E-state index is -3.13. The molecule has 0 unspecified atom stereocenters. The maximum Gasteiger partial charge on any atom is 0.212 e. The fourth-order valence-electron chi connectivity index (χ4n) is 1.36. The van der Waals surface area contributed by atoms with Gasteiger partial charge in [0.2, 0.25) is 10.0 Å². The number of hydrogen-bond donors (Lipinski definition) is 2. The largest absolute Gasteiger partial charge is 0.311 e. The molecule has 0 saturated heterocycles. The van der Waals surface area contributed by atoms with Crippen molar-refractivity contribution < 1.29 is 8.42 Å². The second kappa shape index (κ2) is 5.81. The Kier molecular flexibility index (Phi) is 4.89.